The van der Waals surface area contributed by atoms with E-state index in [0.717, 1.165) is 25.7 Å². The summed E-state index contributed by atoms with van der Waals surface area (Å²) >= 11 is 12.3. The standard InChI is InChI=1S/C25H33Cl2FN4O/c1-4-6-7-9-19(8-5-2)31-15-18(13-29)17-12-22(25(30)32-14-17)33-16(3)23-20(26)10-11-21(28)24(23)27/h10-16,19H,4-9,29H2,1-3H3,(H2,30,32). The Bertz CT molecular complexity index is 981. The number of ether oxygens (including phenoxy) is 1. The number of hydrogen-bond acceptors (Lipinski definition) is 5. The van der Waals surface area contributed by atoms with E-state index in [-0.39, 0.29) is 16.9 Å². The van der Waals surface area contributed by atoms with Gasteiger partial charge >= 0.3 is 0 Å². The van der Waals surface area contributed by atoms with Crippen molar-refractivity contribution in [2.75, 3.05) is 5.73 Å². The Labute approximate surface area is 206 Å². The lowest BCUT2D eigenvalue weighted by atomic mass is 10.0. The number of hydrogen-bond donors (Lipinski definition) is 2. The molecule has 0 aliphatic rings. The zero-order valence-electron chi connectivity index (χ0n) is 19.5. The highest BCUT2D eigenvalue weighted by molar-refractivity contribution is 6.36. The summed E-state index contributed by atoms with van der Waals surface area (Å²) in [5.74, 6) is -0.0697. The van der Waals surface area contributed by atoms with Gasteiger partial charge in [0.05, 0.1) is 5.02 Å². The number of nitrogen functional groups attached to an aromatic ring is 1. The molecular formula is C25H33Cl2FN4O. The second-order valence-electron chi connectivity index (χ2n) is 7.96. The van der Waals surface area contributed by atoms with E-state index >= 15 is 0 Å². The minimum atomic E-state index is -0.661. The van der Waals surface area contributed by atoms with Crippen LogP contribution in [0, 0.1) is 5.82 Å². The maximum absolute atomic E-state index is 13.9. The number of pyridine rings is 1. The van der Waals surface area contributed by atoms with Gasteiger partial charge in [-0.05, 0) is 38.0 Å². The van der Waals surface area contributed by atoms with E-state index in [4.69, 9.17) is 44.4 Å². The number of rotatable bonds is 12. The molecule has 2 atom stereocenters. The number of halogens is 3. The van der Waals surface area contributed by atoms with Crippen LogP contribution in [0.2, 0.25) is 10.0 Å². The van der Waals surface area contributed by atoms with Crippen LogP contribution in [0.4, 0.5) is 10.2 Å². The Balaban J connectivity index is 2.24. The molecule has 0 aliphatic heterocycles. The third-order valence-electron chi connectivity index (χ3n) is 5.37. The fraction of sp³-hybridized carbons (Fsp3) is 0.440. The molecule has 0 amide bonds. The monoisotopic (exact) mass is 494 g/mol. The van der Waals surface area contributed by atoms with E-state index in [1.165, 1.54) is 31.2 Å². The molecular weight excluding hydrogens is 462 g/mol. The van der Waals surface area contributed by atoms with Gasteiger partial charge in [0.1, 0.15) is 11.9 Å². The van der Waals surface area contributed by atoms with Gasteiger partial charge in [0.25, 0.3) is 0 Å². The molecule has 2 rings (SSSR count). The van der Waals surface area contributed by atoms with E-state index < -0.39 is 11.9 Å². The molecule has 0 fully saturated rings. The smallest absolute Gasteiger partial charge is 0.166 e. The Morgan fingerprint density at radius 2 is 1.97 bits per heavy atom. The molecule has 2 unspecified atom stereocenters. The van der Waals surface area contributed by atoms with Crippen LogP contribution in [-0.4, -0.2) is 17.2 Å². The minimum absolute atomic E-state index is 0.0857. The van der Waals surface area contributed by atoms with Crippen LogP contribution in [0.15, 0.2) is 35.6 Å². The lowest BCUT2D eigenvalue weighted by Crippen LogP contribution is -2.09. The topological polar surface area (TPSA) is 86.5 Å². The molecule has 4 N–H and O–H groups in total. The van der Waals surface area contributed by atoms with Crippen LogP contribution in [0.5, 0.6) is 5.75 Å². The van der Waals surface area contributed by atoms with Crippen LogP contribution < -0.4 is 16.2 Å². The second kappa shape index (κ2) is 13.4. The quantitative estimate of drug-likeness (QED) is 0.183. The van der Waals surface area contributed by atoms with E-state index in [2.05, 4.69) is 18.8 Å². The first kappa shape index (κ1) is 26.9. The average molecular weight is 495 g/mol. The summed E-state index contributed by atoms with van der Waals surface area (Å²) < 4.78 is 19.9. The van der Waals surface area contributed by atoms with E-state index in [9.17, 15) is 4.39 Å². The summed E-state index contributed by atoms with van der Waals surface area (Å²) in [6.07, 6.45) is 10.9. The van der Waals surface area contributed by atoms with Crippen LogP contribution in [0.25, 0.3) is 5.57 Å². The summed E-state index contributed by atoms with van der Waals surface area (Å²) in [7, 11) is 0. The molecule has 33 heavy (non-hydrogen) atoms. The number of unbranched alkanes of at least 4 members (excludes halogenated alkanes) is 2. The van der Waals surface area contributed by atoms with Crippen molar-refractivity contribution in [2.45, 2.75) is 71.4 Å². The lowest BCUT2D eigenvalue weighted by Gasteiger charge is -2.19. The molecule has 8 heteroatoms. The van der Waals surface area contributed by atoms with Gasteiger partial charge in [-0.15, -0.1) is 0 Å². The molecule has 1 heterocycles. The second-order valence-corrected chi connectivity index (χ2v) is 8.75. The maximum Gasteiger partial charge on any atom is 0.166 e. The average Bonchev–Trinajstić information content (AvgIpc) is 2.79. The molecule has 180 valence electrons. The van der Waals surface area contributed by atoms with Gasteiger partial charge in [-0.3, -0.25) is 4.99 Å². The molecule has 0 saturated heterocycles. The molecule has 0 bridgehead atoms. The molecule has 1 aromatic carbocycles. The fourth-order valence-electron chi connectivity index (χ4n) is 3.53. The molecule has 0 saturated carbocycles. The van der Waals surface area contributed by atoms with E-state index in [1.807, 2.05) is 0 Å². The third-order valence-corrected chi connectivity index (χ3v) is 6.09. The van der Waals surface area contributed by atoms with Crippen LogP contribution in [0.3, 0.4) is 0 Å². The first-order chi connectivity index (χ1) is 15.8. The summed E-state index contributed by atoms with van der Waals surface area (Å²) in [6, 6.07) is 4.64. The number of nitrogens with zero attached hydrogens (tertiary/aromatic N) is 2. The molecule has 0 aliphatic carbocycles. The van der Waals surface area contributed by atoms with Crippen molar-refractivity contribution in [3.05, 3.63) is 57.6 Å². The van der Waals surface area contributed by atoms with Crippen LogP contribution >= 0.6 is 23.2 Å². The highest BCUT2D eigenvalue weighted by Crippen LogP contribution is 2.36. The number of aromatic nitrogens is 1. The maximum atomic E-state index is 13.9. The van der Waals surface area contributed by atoms with Gasteiger partial charge in [0.2, 0.25) is 0 Å². The largest absolute Gasteiger partial charge is 0.482 e. The Morgan fingerprint density at radius 1 is 1.21 bits per heavy atom. The zero-order chi connectivity index (χ0) is 24.4. The summed E-state index contributed by atoms with van der Waals surface area (Å²) in [5, 5.41) is 0.216. The van der Waals surface area contributed by atoms with Gasteiger partial charge in [-0.25, -0.2) is 9.37 Å². The SMILES string of the molecule is CCCCCC(CCC)N=CC(=CN)c1cnc(N)c(OC(C)c2c(Cl)ccc(F)c2Cl)c1. The number of allylic oxidation sites excluding steroid dienone is 1. The summed E-state index contributed by atoms with van der Waals surface area (Å²) in [4.78, 5) is 9.01. The van der Waals surface area contributed by atoms with Crippen molar-refractivity contribution in [3.8, 4) is 5.75 Å². The Kier molecular flexibility index (Phi) is 10.9. The normalized spacial score (nSPS) is 13.9. The number of anilines is 1. The van der Waals surface area contributed by atoms with Crippen molar-refractivity contribution >= 4 is 40.8 Å². The van der Waals surface area contributed by atoms with Crippen molar-refractivity contribution < 1.29 is 9.13 Å². The lowest BCUT2D eigenvalue weighted by molar-refractivity contribution is 0.227. The van der Waals surface area contributed by atoms with Crippen LogP contribution in [-0.2, 0) is 0 Å². The molecule has 1 aromatic heterocycles. The molecule has 5 nitrogen and oxygen atoms in total. The number of benzene rings is 1. The van der Waals surface area contributed by atoms with Gasteiger partial charge in [-0.2, -0.15) is 0 Å². The van der Waals surface area contributed by atoms with Crippen molar-refractivity contribution in [3.63, 3.8) is 0 Å². The summed E-state index contributed by atoms with van der Waals surface area (Å²) in [6.45, 7) is 6.07. The third kappa shape index (κ3) is 7.61. The van der Waals surface area contributed by atoms with Crippen molar-refractivity contribution in [1.29, 1.82) is 0 Å². The number of aliphatic imine (C=N–C) groups is 1. The summed E-state index contributed by atoms with van der Waals surface area (Å²) in [5.41, 5.74) is 13.7. The highest BCUT2D eigenvalue weighted by Gasteiger charge is 2.20. The predicted molar refractivity (Wildman–Crippen MR) is 138 cm³/mol. The molecule has 0 radical (unpaired) electrons. The van der Waals surface area contributed by atoms with Crippen LogP contribution in [0.1, 0.15) is 76.5 Å². The molecule has 0 spiro atoms. The predicted octanol–water partition coefficient (Wildman–Crippen LogP) is 7.37. The van der Waals surface area contributed by atoms with E-state index in [1.54, 1.807) is 25.4 Å². The minimum Gasteiger partial charge on any atom is -0.482 e. The van der Waals surface area contributed by atoms with E-state index in [0.29, 0.717) is 27.5 Å². The van der Waals surface area contributed by atoms with Gasteiger partial charge in [0.15, 0.2) is 11.6 Å². The van der Waals surface area contributed by atoms with Crippen molar-refractivity contribution in [1.82, 2.24) is 4.98 Å². The zero-order valence-corrected chi connectivity index (χ0v) is 21.0. The van der Waals surface area contributed by atoms with Gasteiger partial charge in [0, 0.05) is 46.4 Å². The van der Waals surface area contributed by atoms with Gasteiger partial charge < -0.3 is 16.2 Å². The first-order valence-corrected chi connectivity index (χ1v) is 12.1. The van der Waals surface area contributed by atoms with Gasteiger partial charge in [-0.1, -0.05) is 62.7 Å². The Morgan fingerprint density at radius 3 is 2.64 bits per heavy atom. The fourth-order valence-corrected chi connectivity index (χ4v) is 4.21. The highest BCUT2D eigenvalue weighted by atomic mass is 35.5. The number of nitrogens with two attached hydrogens (primary N) is 2. The van der Waals surface area contributed by atoms with Crippen molar-refractivity contribution in [2.24, 2.45) is 10.7 Å². The first-order valence-electron chi connectivity index (χ1n) is 11.3. The molecule has 2 aromatic rings. The Hall–Kier alpha value is -2.31.